The number of hydrogen-bond donors (Lipinski definition) is 2. The van der Waals surface area contributed by atoms with Gasteiger partial charge in [-0.2, -0.15) is 0 Å². The maximum atomic E-state index is 12.4. The summed E-state index contributed by atoms with van der Waals surface area (Å²) in [6.07, 6.45) is 1.54. The Bertz CT molecular complexity index is 718. The first-order valence-corrected chi connectivity index (χ1v) is 7.99. The maximum absolute atomic E-state index is 12.4. The third kappa shape index (κ3) is 4.37. The molecule has 0 bridgehead atoms. The number of rotatable bonds is 8. The molecule has 1 aromatic rings. The molecule has 1 atom stereocenters. The number of amides is 4. The van der Waals surface area contributed by atoms with Crippen LogP contribution in [0, 0.1) is 5.92 Å². The average Bonchev–Trinajstić information content (AvgIpc) is 2.63. The standard InChI is InChI=1S/C17H21N3O6/c1-25-13-4-3-11(9-14(13)26-2)5-7-20-16(23)12(10-18-6-8-21)15(22)19-17(20)24/h3-4,9-10,12,21H,5-8H2,1-2H3,(H,19,22,24)/t12-/m1/s1. The largest absolute Gasteiger partial charge is 0.493 e. The summed E-state index contributed by atoms with van der Waals surface area (Å²) >= 11 is 0. The molecule has 1 aliphatic heterocycles. The number of benzene rings is 1. The number of carbonyl (C=O) groups is 3. The second-order valence-corrected chi connectivity index (χ2v) is 5.48. The number of aliphatic hydroxyl groups is 1. The Balaban J connectivity index is 2.08. The van der Waals surface area contributed by atoms with E-state index in [1.807, 2.05) is 0 Å². The van der Waals surface area contributed by atoms with Crippen molar-refractivity contribution in [2.45, 2.75) is 6.42 Å². The second-order valence-electron chi connectivity index (χ2n) is 5.48. The Kier molecular flexibility index (Phi) is 6.67. The number of nitrogens with one attached hydrogen (secondary N) is 1. The normalized spacial score (nSPS) is 17.6. The summed E-state index contributed by atoms with van der Waals surface area (Å²) in [5.41, 5.74) is 0.839. The first-order valence-electron chi connectivity index (χ1n) is 7.99. The van der Waals surface area contributed by atoms with Gasteiger partial charge in [0.15, 0.2) is 17.4 Å². The summed E-state index contributed by atoms with van der Waals surface area (Å²) in [4.78, 5) is 41.0. The SMILES string of the molecule is COc1ccc(CCN2C(=O)NC(=O)[C@@H](C=NCCO)C2=O)cc1OC. The number of hydrogen-bond acceptors (Lipinski definition) is 7. The van der Waals surface area contributed by atoms with Gasteiger partial charge in [-0.1, -0.05) is 6.07 Å². The van der Waals surface area contributed by atoms with Gasteiger partial charge >= 0.3 is 6.03 Å². The minimum atomic E-state index is -1.18. The lowest BCUT2D eigenvalue weighted by molar-refractivity contribution is -0.139. The van der Waals surface area contributed by atoms with Crippen LogP contribution in [0.25, 0.3) is 0 Å². The Labute approximate surface area is 150 Å². The molecule has 140 valence electrons. The zero-order valence-electron chi connectivity index (χ0n) is 14.6. The first-order chi connectivity index (χ1) is 12.5. The molecule has 1 saturated heterocycles. The average molecular weight is 363 g/mol. The van der Waals surface area contributed by atoms with Gasteiger partial charge in [-0.3, -0.25) is 24.8 Å². The maximum Gasteiger partial charge on any atom is 0.330 e. The van der Waals surface area contributed by atoms with Gasteiger partial charge in [0.25, 0.3) is 0 Å². The van der Waals surface area contributed by atoms with Crippen molar-refractivity contribution in [3.63, 3.8) is 0 Å². The minimum Gasteiger partial charge on any atom is -0.493 e. The van der Waals surface area contributed by atoms with Gasteiger partial charge in [0, 0.05) is 12.8 Å². The van der Waals surface area contributed by atoms with Crippen molar-refractivity contribution in [2.75, 3.05) is 33.9 Å². The molecule has 9 heteroatoms. The van der Waals surface area contributed by atoms with Crippen LogP contribution < -0.4 is 14.8 Å². The lowest BCUT2D eigenvalue weighted by Gasteiger charge is -2.28. The highest BCUT2D eigenvalue weighted by molar-refractivity contribution is 6.23. The fraction of sp³-hybridized carbons (Fsp3) is 0.412. The quantitative estimate of drug-likeness (QED) is 0.496. The molecular weight excluding hydrogens is 342 g/mol. The Morgan fingerprint density at radius 2 is 1.96 bits per heavy atom. The molecular formula is C17H21N3O6. The summed E-state index contributed by atoms with van der Waals surface area (Å²) in [6, 6.07) is 4.54. The zero-order valence-corrected chi connectivity index (χ0v) is 14.6. The molecule has 1 heterocycles. The predicted molar refractivity (Wildman–Crippen MR) is 92.4 cm³/mol. The van der Waals surface area contributed by atoms with Gasteiger partial charge in [0.05, 0.1) is 27.4 Å². The molecule has 0 unspecified atom stereocenters. The molecule has 0 spiro atoms. The van der Waals surface area contributed by atoms with Crippen molar-refractivity contribution in [1.82, 2.24) is 10.2 Å². The number of carbonyl (C=O) groups excluding carboxylic acids is 3. The molecule has 1 fully saturated rings. The van der Waals surface area contributed by atoms with E-state index in [0.717, 1.165) is 16.7 Å². The van der Waals surface area contributed by atoms with Crippen LogP contribution in [0.2, 0.25) is 0 Å². The second kappa shape index (κ2) is 8.95. The molecule has 1 aliphatic rings. The molecule has 1 aromatic carbocycles. The van der Waals surface area contributed by atoms with Crippen LogP contribution in [-0.2, 0) is 16.0 Å². The van der Waals surface area contributed by atoms with Crippen LogP contribution in [-0.4, -0.2) is 68.0 Å². The fourth-order valence-corrected chi connectivity index (χ4v) is 2.49. The lowest BCUT2D eigenvalue weighted by atomic mass is 10.1. The summed E-state index contributed by atoms with van der Waals surface area (Å²) in [5.74, 6) is -1.41. The van der Waals surface area contributed by atoms with Crippen LogP contribution >= 0.6 is 0 Å². The highest BCUT2D eigenvalue weighted by Gasteiger charge is 2.39. The highest BCUT2D eigenvalue weighted by atomic mass is 16.5. The molecule has 26 heavy (non-hydrogen) atoms. The molecule has 9 nitrogen and oxygen atoms in total. The molecule has 2 rings (SSSR count). The van der Waals surface area contributed by atoms with Crippen LogP contribution in [0.1, 0.15) is 5.56 Å². The predicted octanol–water partition coefficient (Wildman–Crippen LogP) is 0.00400. The molecule has 0 aromatic heterocycles. The molecule has 0 saturated carbocycles. The molecule has 0 aliphatic carbocycles. The Morgan fingerprint density at radius 3 is 2.62 bits per heavy atom. The fourth-order valence-electron chi connectivity index (χ4n) is 2.49. The number of barbiturate groups is 1. The van der Waals surface area contributed by atoms with E-state index in [2.05, 4.69) is 10.3 Å². The number of methoxy groups -OCH3 is 2. The summed E-state index contributed by atoms with van der Waals surface area (Å²) in [5, 5.41) is 10.9. The van der Waals surface area contributed by atoms with Crippen LogP contribution in [0.5, 0.6) is 11.5 Å². The van der Waals surface area contributed by atoms with Crippen LogP contribution in [0.15, 0.2) is 23.2 Å². The van der Waals surface area contributed by atoms with E-state index in [9.17, 15) is 14.4 Å². The Morgan fingerprint density at radius 1 is 1.23 bits per heavy atom. The number of aliphatic imine (C=N–C) groups is 1. The van der Waals surface area contributed by atoms with Gasteiger partial charge in [-0.05, 0) is 24.1 Å². The number of aliphatic hydroxyl groups excluding tert-OH is 1. The van der Waals surface area contributed by atoms with E-state index in [1.165, 1.54) is 14.2 Å². The number of urea groups is 1. The monoisotopic (exact) mass is 363 g/mol. The van der Waals surface area contributed by atoms with Crippen molar-refractivity contribution >= 4 is 24.1 Å². The highest BCUT2D eigenvalue weighted by Crippen LogP contribution is 2.27. The van der Waals surface area contributed by atoms with Crippen molar-refractivity contribution < 1.29 is 29.0 Å². The summed E-state index contributed by atoms with van der Waals surface area (Å²) < 4.78 is 10.4. The molecule has 4 amide bonds. The number of nitrogens with zero attached hydrogens (tertiary/aromatic N) is 2. The van der Waals surface area contributed by atoms with Gasteiger partial charge in [-0.25, -0.2) is 4.79 Å². The van der Waals surface area contributed by atoms with E-state index in [4.69, 9.17) is 14.6 Å². The van der Waals surface area contributed by atoms with Crippen molar-refractivity contribution in [2.24, 2.45) is 10.9 Å². The summed E-state index contributed by atoms with van der Waals surface area (Å²) in [6.45, 7) is -0.0185. The van der Waals surface area contributed by atoms with Crippen molar-refractivity contribution in [3.8, 4) is 11.5 Å². The molecule has 2 N–H and O–H groups in total. The Hall–Kier alpha value is -2.94. The van der Waals surface area contributed by atoms with Gasteiger partial charge in [-0.15, -0.1) is 0 Å². The topological polar surface area (TPSA) is 118 Å². The third-order valence-corrected chi connectivity index (χ3v) is 3.85. The lowest BCUT2D eigenvalue weighted by Crippen LogP contribution is -2.58. The molecule has 0 radical (unpaired) electrons. The smallest absolute Gasteiger partial charge is 0.330 e. The van der Waals surface area contributed by atoms with E-state index in [0.29, 0.717) is 17.9 Å². The van der Waals surface area contributed by atoms with Gasteiger partial charge in [0.2, 0.25) is 11.8 Å². The van der Waals surface area contributed by atoms with Crippen LogP contribution in [0.4, 0.5) is 4.79 Å². The van der Waals surface area contributed by atoms with Crippen molar-refractivity contribution in [3.05, 3.63) is 23.8 Å². The van der Waals surface area contributed by atoms with E-state index >= 15 is 0 Å². The number of ether oxygens (including phenoxy) is 2. The van der Waals surface area contributed by atoms with E-state index < -0.39 is 23.8 Å². The van der Waals surface area contributed by atoms with Crippen LogP contribution in [0.3, 0.4) is 0 Å². The van der Waals surface area contributed by atoms with E-state index in [1.54, 1.807) is 18.2 Å². The third-order valence-electron chi connectivity index (χ3n) is 3.85. The van der Waals surface area contributed by atoms with Crippen molar-refractivity contribution in [1.29, 1.82) is 0 Å². The summed E-state index contributed by atoms with van der Waals surface area (Å²) in [7, 11) is 3.05. The minimum absolute atomic E-state index is 0.0800. The first kappa shape index (κ1) is 19.4. The zero-order chi connectivity index (χ0) is 19.1. The number of imide groups is 2. The van der Waals surface area contributed by atoms with Gasteiger partial charge < -0.3 is 14.6 Å². The van der Waals surface area contributed by atoms with Gasteiger partial charge in [0.1, 0.15) is 0 Å². The van der Waals surface area contributed by atoms with E-state index in [-0.39, 0.29) is 19.7 Å².